The van der Waals surface area contributed by atoms with Gasteiger partial charge in [0.1, 0.15) is 0 Å². The van der Waals surface area contributed by atoms with E-state index in [2.05, 4.69) is 16.5 Å². The highest BCUT2D eigenvalue weighted by Crippen LogP contribution is 2.12. The minimum atomic E-state index is -3.15. The monoisotopic (exact) mass is 426 g/mol. The number of hydrogen-bond acceptors (Lipinski definition) is 8. The minimum absolute atomic E-state index is 0.269. The summed E-state index contributed by atoms with van der Waals surface area (Å²) in [5.74, 6) is 0. The van der Waals surface area contributed by atoms with Gasteiger partial charge in [0.25, 0.3) is 0 Å². The summed E-state index contributed by atoms with van der Waals surface area (Å²) in [6, 6.07) is 0. The smallest absolute Gasteiger partial charge is 0.208 e. The van der Waals surface area contributed by atoms with Crippen LogP contribution in [0.2, 0.25) is 0 Å². The SMILES string of the molecule is CCN1CCC(OCCOCCOCCOCCOCCNS(C)(=O)=O)CC1. The van der Waals surface area contributed by atoms with Crippen molar-refractivity contribution in [2.75, 3.05) is 91.9 Å². The first kappa shape index (κ1) is 25.7. The van der Waals surface area contributed by atoms with Gasteiger partial charge < -0.3 is 28.6 Å². The van der Waals surface area contributed by atoms with Gasteiger partial charge in [-0.3, -0.25) is 0 Å². The molecule has 1 N–H and O–H groups in total. The van der Waals surface area contributed by atoms with Crippen molar-refractivity contribution in [3.63, 3.8) is 0 Å². The standard InChI is InChI=1S/C18H38N2O7S/c1-3-20-7-4-18(5-8-20)27-17-16-26-15-14-25-13-12-24-11-10-23-9-6-19-28(2,21)22/h18-19H,3-17H2,1-2H3. The molecule has 1 heterocycles. The molecule has 9 nitrogen and oxygen atoms in total. The van der Waals surface area contributed by atoms with E-state index in [1.165, 1.54) is 0 Å². The molecule has 1 aliphatic rings. The van der Waals surface area contributed by atoms with Gasteiger partial charge in [0, 0.05) is 19.6 Å². The highest BCUT2D eigenvalue weighted by Gasteiger charge is 2.17. The third kappa shape index (κ3) is 15.6. The molecule has 0 amide bonds. The first-order chi connectivity index (χ1) is 13.5. The Bertz CT molecular complexity index is 457. The lowest BCUT2D eigenvalue weighted by Gasteiger charge is -2.30. The zero-order valence-corrected chi connectivity index (χ0v) is 18.2. The Morgan fingerprint density at radius 3 is 1.75 bits per heavy atom. The average Bonchev–Trinajstić information content (AvgIpc) is 2.67. The second-order valence-electron chi connectivity index (χ2n) is 6.62. The highest BCUT2D eigenvalue weighted by molar-refractivity contribution is 7.88. The van der Waals surface area contributed by atoms with Gasteiger partial charge >= 0.3 is 0 Å². The van der Waals surface area contributed by atoms with E-state index in [0.29, 0.717) is 65.6 Å². The number of nitrogens with one attached hydrogen (secondary N) is 1. The van der Waals surface area contributed by atoms with Crippen molar-refractivity contribution in [3.05, 3.63) is 0 Å². The van der Waals surface area contributed by atoms with Crippen LogP contribution in [0.15, 0.2) is 0 Å². The molecule has 0 aromatic rings. The van der Waals surface area contributed by atoms with E-state index in [4.69, 9.17) is 23.7 Å². The molecule has 0 aromatic carbocycles. The highest BCUT2D eigenvalue weighted by atomic mass is 32.2. The van der Waals surface area contributed by atoms with Crippen molar-refractivity contribution in [1.29, 1.82) is 0 Å². The fourth-order valence-corrected chi connectivity index (χ4v) is 3.18. The van der Waals surface area contributed by atoms with E-state index >= 15 is 0 Å². The molecule has 0 saturated carbocycles. The maximum atomic E-state index is 10.8. The normalized spacial score (nSPS) is 16.6. The second-order valence-corrected chi connectivity index (χ2v) is 8.45. The van der Waals surface area contributed by atoms with E-state index in [1.54, 1.807) is 0 Å². The Balaban J connectivity index is 1.72. The molecule has 0 aliphatic carbocycles. The molecule has 1 aliphatic heterocycles. The largest absolute Gasteiger partial charge is 0.378 e. The van der Waals surface area contributed by atoms with E-state index in [9.17, 15) is 8.42 Å². The summed E-state index contributed by atoms with van der Waals surface area (Å²) < 4.78 is 51.4. The lowest BCUT2D eigenvalue weighted by molar-refractivity contribution is -0.0357. The van der Waals surface area contributed by atoms with Crippen molar-refractivity contribution in [2.45, 2.75) is 25.9 Å². The number of hydrogen-bond donors (Lipinski definition) is 1. The van der Waals surface area contributed by atoms with Gasteiger partial charge in [0.15, 0.2) is 0 Å². The van der Waals surface area contributed by atoms with Crippen LogP contribution in [0.25, 0.3) is 0 Å². The van der Waals surface area contributed by atoms with Crippen molar-refractivity contribution in [1.82, 2.24) is 9.62 Å². The first-order valence-corrected chi connectivity index (χ1v) is 12.0. The van der Waals surface area contributed by atoms with Gasteiger partial charge in [-0.2, -0.15) is 0 Å². The molecule has 28 heavy (non-hydrogen) atoms. The fourth-order valence-electron chi connectivity index (χ4n) is 2.73. The molecule has 0 bridgehead atoms. The third-order valence-corrected chi connectivity index (χ3v) is 5.02. The Labute approximate surface area is 170 Å². The van der Waals surface area contributed by atoms with Crippen LogP contribution in [0.4, 0.5) is 0 Å². The number of ether oxygens (including phenoxy) is 5. The Kier molecular flexibility index (Phi) is 15.1. The van der Waals surface area contributed by atoms with Gasteiger partial charge in [0.05, 0.1) is 71.8 Å². The third-order valence-electron chi connectivity index (χ3n) is 4.29. The Morgan fingerprint density at radius 2 is 1.29 bits per heavy atom. The lowest BCUT2D eigenvalue weighted by Crippen LogP contribution is -2.37. The summed E-state index contributed by atoms with van der Waals surface area (Å²) in [4.78, 5) is 2.45. The second kappa shape index (κ2) is 16.5. The topological polar surface area (TPSA) is 95.6 Å². The van der Waals surface area contributed by atoms with Crippen LogP contribution in [0.1, 0.15) is 19.8 Å². The summed E-state index contributed by atoms with van der Waals surface area (Å²) >= 11 is 0. The van der Waals surface area contributed by atoms with Gasteiger partial charge in [0.2, 0.25) is 10.0 Å². The zero-order valence-electron chi connectivity index (χ0n) is 17.4. The molecular weight excluding hydrogens is 388 g/mol. The van der Waals surface area contributed by atoms with Crippen LogP contribution in [-0.2, 0) is 33.7 Å². The number of rotatable bonds is 18. The molecule has 1 rings (SSSR count). The first-order valence-electron chi connectivity index (χ1n) is 10.1. The predicted molar refractivity (Wildman–Crippen MR) is 107 cm³/mol. The Morgan fingerprint density at radius 1 is 0.821 bits per heavy atom. The average molecular weight is 427 g/mol. The fraction of sp³-hybridized carbons (Fsp3) is 1.00. The molecule has 0 aromatic heterocycles. The minimum Gasteiger partial charge on any atom is -0.378 e. The molecule has 0 radical (unpaired) electrons. The zero-order chi connectivity index (χ0) is 20.5. The molecule has 0 atom stereocenters. The van der Waals surface area contributed by atoms with E-state index in [-0.39, 0.29) is 6.54 Å². The molecule has 0 spiro atoms. The molecule has 10 heteroatoms. The summed E-state index contributed by atoms with van der Waals surface area (Å²) in [5.41, 5.74) is 0. The van der Waals surface area contributed by atoms with Crippen LogP contribution >= 0.6 is 0 Å². The van der Waals surface area contributed by atoms with Crippen LogP contribution in [0.3, 0.4) is 0 Å². The number of nitrogens with zero attached hydrogens (tertiary/aromatic N) is 1. The van der Waals surface area contributed by atoms with E-state index < -0.39 is 10.0 Å². The van der Waals surface area contributed by atoms with Crippen LogP contribution < -0.4 is 4.72 Å². The van der Waals surface area contributed by atoms with Crippen LogP contribution in [0.5, 0.6) is 0 Å². The maximum Gasteiger partial charge on any atom is 0.208 e. The Hall–Kier alpha value is -0.330. The van der Waals surface area contributed by atoms with Crippen LogP contribution in [0, 0.1) is 0 Å². The maximum absolute atomic E-state index is 10.8. The summed E-state index contributed by atoms with van der Waals surface area (Å²) in [5, 5.41) is 0. The summed E-state index contributed by atoms with van der Waals surface area (Å²) in [6.07, 6.45) is 3.71. The number of likely N-dealkylation sites (tertiary alicyclic amines) is 1. The summed E-state index contributed by atoms with van der Waals surface area (Å²) in [7, 11) is -3.15. The van der Waals surface area contributed by atoms with Gasteiger partial charge in [-0.1, -0.05) is 6.92 Å². The van der Waals surface area contributed by atoms with Crippen molar-refractivity contribution in [2.24, 2.45) is 0 Å². The van der Waals surface area contributed by atoms with Gasteiger partial charge in [-0.25, -0.2) is 13.1 Å². The molecule has 1 fully saturated rings. The van der Waals surface area contributed by atoms with E-state index in [0.717, 1.165) is 38.7 Å². The number of piperidine rings is 1. The molecule has 0 unspecified atom stereocenters. The summed E-state index contributed by atoms with van der Waals surface area (Å²) in [6.45, 7) is 10.4. The lowest BCUT2D eigenvalue weighted by atomic mass is 10.1. The van der Waals surface area contributed by atoms with Gasteiger partial charge in [-0.05, 0) is 19.4 Å². The van der Waals surface area contributed by atoms with E-state index in [1.807, 2.05) is 0 Å². The molecular formula is C18H38N2O7S. The van der Waals surface area contributed by atoms with Gasteiger partial charge in [-0.15, -0.1) is 0 Å². The molecule has 1 saturated heterocycles. The van der Waals surface area contributed by atoms with Crippen molar-refractivity contribution >= 4 is 10.0 Å². The van der Waals surface area contributed by atoms with Crippen molar-refractivity contribution in [3.8, 4) is 0 Å². The van der Waals surface area contributed by atoms with Crippen molar-refractivity contribution < 1.29 is 32.1 Å². The van der Waals surface area contributed by atoms with Crippen LogP contribution in [-0.4, -0.2) is 111 Å². The molecule has 168 valence electrons. The number of sulfonamides is 1. The predicted octanol–water partition coefficient (Wildman–Crippen LogP) is 0.103. The quantitative estimate of drug-likeness (QED) is 0.309.